The van der Waals surface area contributed by atoms with Crippen LogP contribution in [0.3, 0.4) is 0 Å². The summed E-state index contributed by atoms with van der Waals surface area (Å²) in [6.45, 7) is 3.42. The van der Waals surface area contributed by atoms with Crippen LogP contribution in [0.15, 0.2) is 54.9 Å². The topological polar surface area (TPSA) is 49.2 Å². The van der Waals surface area contributed by atoms with E-state index in [9.17, 15) is 0 Å². The maximum Gasteiger partial charge on any atom is 0.150 e. The molecule has 3 aromatic rings. The molecule has 1 unspecified atom stereocenters. The Morgan fingerprint density at radius 2 is 2.15 bits per heavy atom. The van der Waals surface area contributed by atoms with Gasteiger partial charge < -0.3 is 9.47 Å². The van der Waals surface area contributed by atoms with E-state index in [1.54, 1.807) is 12.4 Å². The first-order chi connectivity index (χ1) is 12.8. The Balaban J connectivity index is 1.45. The molecule has 0 aliphatic carbocycles. The van der Waals surface area contributed by atoms with Crippen LogP contribution in [-0.2, 0) is 11.3 Å². The summed E-state index contributed by atoms with van der Waals surface area (Å²) in [5.74, 6) is 0.759. The third-order valence-electron chi connectivity index (χ3n) is 4.59. The van der Waals surface area contributed by atoms with Gasteiger partial charge in [0.2, 0.25) is 0 Å². The molecule has 0 N–H and O–H groups in total. The summed E-state index contributed by atoms with van der Waals surface area (Å²) >= 11 is 0. The lowest BCUT2D eigenvalue weighted by Gasteiger charge is -2.24. The lowest BCUT2D eigenvalue weighted by atomic mass is 10.1. The number of benzene rings is 1. The summed E-state index contributed by atoms with van der Waals surface area (Å²) in [6.07, 6.45) is 6.86. The van der Waals surface area contributed by atoms with Crippen LogP contribution in [-0.4, -0.2) is 21.4 Å². The molecular weight excluding hydrogens is 326 g/mol. The van der Waals surface area contributed by atoms with Crippen LogP contribution in [0.5, 0.6) is 5.75 Å². The molecule has 3 heterocycles. The van der Waals surface area contributed by atoms with Gasteiger partial charge in [-0.1, -0.05) is 29.8 Å². The minimum absolute atomic E-state index is 0.00722. The standard InChI is InChI=1S/C21H23N3O2/c1-16-5-4-6-17(13-16)15-26-18-8-9-19(22-14-18)20-10-11-23-24(20)21-7-2-3-12-25-21/h4-6,8-11,13-14,21H,2-3,7,12,15H2,1H3. The summed E-state index contributed by atoms with van der Waals surface area (Å²) < 4.78 is 13.6. The maximum absolute atomic E-state index is 5.86. The van der Waals surface area contributed by atoms with Gasteiger partial charge in [0.25, 0.3) is 0 Å². The number of aromatic nitrogens is 3. The van der Waals surface area contributed by atoms with Crippen LogP contribution in [0.1, 0.15) is 36.6 Å². The summed E-state index contributed by atoms with van der Waals surface area (Å²) in [5, 5.41) is 4.44. The molecule has 0 saturated carbocycles. The first-order valence-corrected chi connectivity index (χ1v) is 9.09. The largest absolute Gasteiger partial charge is 0.487 e. The maximum atomic E-state index is 5.86. The third-order valence-corrected chi connectivity index (χ3v) is 4.59. The molecule has 1 atom stereocenters. The average Bonchev–Trinajstić information content (AvgIpc) is 3.17. The molecule has 1 aliphatic heterocycles. The monoisotopic (exact) mass is 349 g/mol. The zero-order chi connectivity index (χ0) is 17.8. The van der Waals surface area contributed by atoms with Gasteiger partial charge in [0, 0.05) is 12.8 Å². The van der Waals surface area contributed by atoms with Crippen LogP contribution in [0.25, 0.3) is 11.4 Å². The fraction of sp³-hybridized carbons (Fsp3) is 0.333. The lowest BCUT2D eigenvalue weighted by Crippen LogP contribution is -2.20. The molecule has 0 radical (unpaired) electrons. The van der Waals surface area contributed by atoms with Gasteiger partial charge in [0.05, 0.1) is 17.6 Å². The predicted octanol–water partition coefficient (Wildman–Crippen LogP) is 4.53. The first-order valence-electron chi connectivity index (χ1n) is 9.09. The van der Waals surface area contributed by atoms with E-state index >= 15 is 0 Å². The Morgan fingerprint density at radius 3 is 2.92 bits per heavy atom. The zero-order valence-electron chi connectivity index (χ0n) is 15.0. The highest BCUT2D eigenvalue weighted by molar-refractivity contribution is 5.54. The molecule has 5 nitrogen and oxygen atoms in total. The van der Waals surface area contributed by atoms with E-state index in [2.05, 4.69) is 35.2 Å². The SMILES string of the molecule is Cc1cccc(COc2ccc(-c3ccnn3C3CCCCO3)nc2)c1. The minimum Gasteiger partial charge on any atom is -0.487 e. The molecule has 0 bridgehead atoms. The van der Waals surface area contributed by atoms with Gasteiger partial charge in [-0.2, -0.15) is 5.10 Å². The van der Waals surface area contributed by atoms with Gasteiger partial charge in [-0.3, -0.25) is 4.98 Å². The summed E-state index contributed by atoms with van der Waals surface area (Å²) in [4.78, 5) is 4.57. The summed E-state index contributed by atoms with van der Waals surface area (Å²) in [5.41, 5.74) is 4.24. The van der Waals surface area contributed by atoms with Gasteiger partial charge >= 0.3 is 0 Å². The molecule has 134 valence electrons. The number of nitrogens with zero attached hydrogens (tertiary/aromatic N) is 3. The molecule has 0 spiro atoms. The molecule has 26 heavy (non-hydrogen) atoms. The van der Waals surface area contributed by atoms with E-state index in [4.69, 9.17) is 9.47 Å². The van der Waals surface area contributed by atoms with Crippen LogP contribution < -0.4 is 4.74 Å². The van der Waals surface area contributed by atoms with E-state index in [0.717, 1.165) is 42.1 Å². The fourth-order valence-electron chi connectivity index (χ4n) is 3.25. The van der Waals surface area contributed by atoms with Crippen molar-refractivity contribution >= 4 is 0 Å². The molecule has 4 rings (SSSR count). The number of rotatable bonds is 5. The Morgan fingerprint density at radius 1 is 1.19 bits per heavy atom. The van der Waals surface area contributed by atoms with Crippen molar-refractivity contribution in [2.24, 2.45) is 0 Å². The number of hydrogen-bond acceptors (Lipinski definition) is 4. The first kappa shape index (κ1) is 16.8. The highest BCUT2D eigenvalue weighted by Crippen LogP contribution is 2.28. The minimum atomic E-state index is 0.00722. The highest BCUT2D eigenvalue weighted by atomic mass is 16.5. The molecule has 1 fully saturated rings. The van der Waals surface area contributed by atoms with Crippen molar-refractivity contribution < 1.29 is 9.47 Å². The van der Waals surface area contributed by atoms with E-state index in [0.29, 0.717) is 6.61 Å². The number of hydrogen-bond donors (Lipinski definition) is 0. The quantitative estimate of drug-likeness (QED) is 0.679. The van der Waals surface area contributed by atoms with Crippen molar-refractivity contribution in [1.82, 2.24) is 14.8 Å². The van der Waals surface area contributed by atoms with Crippen molar-refractivity contribution in [3.63, 3.8) is 0 Å². The Hall–Kier alpha value is -2.66. The molecule has 2 aromatic heterocycles. The smallest absolute Gasteiger partial charge is 0.150 e. The predicted molar refractivity (Wildman–Crippen MR) is 99.8 cm³/mol. The average molecular weight is 349 g/mol. The molecule has 1 aromatic carbocycles. The molecule has 1 aliphatic rings. The van der Waals surface area contributed by atoms with E-state index in [-0.39, 0.29) is 6.23 Å². The molecular formula is C21H23N3O2. The normalized spacial score (nSPS) is 17.2. The van der Waals surface area contributed by atoms with Gasteiger partial charge in [0.15, 0.2) is 6.23 Å². The van der Waals surface area contributed by atoms with Gasteiger partial charge in [-0.15, -0.1) is 0 Å². The lowest BCUT2D eigenvalue weighted by molar-refractivity contribution is -0.0384. The second-order valence-corrected chi connectivity index (χ2v) is 6.64. The number of aryl methyl sites for hydroxylation is 1. The van der Waals surface area contributed by atoms with Gasteiger partial charge in [0.1, 0.15) is 12.4 Å². The van der Waals surface area contributed by atoms with Crippen molar-refractivity contribution in [2.45, 2.75) is 39.0 Å². The Kier molecular flexibility index (Phi) is 4.97. The number of ether oxygens (including phenoxy) is 2. The van der Waals surface area contributed by atoms with Crippen LogP contribution in [0.2, 0.25) is 0 Å². The highest BCUT2D eigenvalue weighted by Gasteiger charge is 2.19. The van der Waals surface area contributed by atoms with Crippen LogP contribution in [0.4, 0.5) is 0 Å². The number of pyridine rings is 1. The second-order valence-electron chi connectivity index (χ2n) is 6.64. The summed E-state index contributed by atoms with van der Waals surface area (Å²) in [6, 6.07) is 14.2. The van der Waals surface area contributed by atoms with Gasteiger partial charge in [-0.25, -0.2) is 4.68 Å². The van der Waals surface area contributed by atoms with Gasteiger partial charge in [-0.05, 0) is 49.9 Å². The zero-order valence-corrected chi connectivity index (χ0v) is 15.0. The van der Waals surface area contributed by atoms with Crippen molar-refractivity contribution in [3.05, 3.63) is 66.0 Å². The van der Waals surface area contributed by atoms with E-state index in [1.165, 1.54) is 12.0 Å². The second kappa shape index (κ2) is 7.70. The van der Waals surface area contributed by atoms with Crippen LogP contribution >= 0.6 is 0 Å². The fourth-order valence-corrected chi connectivity index (χ4v) is 3.25. The van der Waals surface area contributed by atoms with Crippen LogP contribution in [0, 0.1) is 6.92 Å². The Bertz CT molecular complexity index is 852. The molecule has 1 saturated heterocycles. The molecule has 5 heteroatoms. The van der Waals surface area contributed by atoms with Crippen molar-refractivity contribution in [3.8, 4) is 17.1 Å². The molecule has 0 amide bonds. The Labute approximate surface area is 153 Å². The van der Waals surface area contributed by atoms with Crippen molar-refractivity contribution in [2.75, 3.05) is 6.61 Å². The third kappa shape index (κ3) is 3.78. The van der Waals surface area contributed by atoms with Crippen molar-refractivity contribution in [1.29, 1.82) is 0 Å². The summed E-state index contributed by atoms with van der Waals surface area (Å²) in [7, 11) is 0. The van der Waals surface area contributed by atoms with E-state index in [1.807, 2.05) is 28.9 Å². The van der Waals surface area contributed by atoms with E-state index < -0.39 is 0 Å².